The lowest BCUT2D eigenvalue weighted by atomic mass is 10.1. The van der Waals surface area contributed by atoms with E-state index in [4.69, 9.17) is 0 Å². The SMILES string of the molecule is O=C(CC1CC1)NCC[C@@H]1CN(Cc2ccsc2)Cc2ccnn21. The van der Waals surface area contributed by atoms with Gasteiger partial charge < -0.3 is 5.32 Å². The fraction of sp³-hybridized carbons (Fsp3) is 0.556. The number of nitrogens with zero attached hydrogens (tertiary/aromatic N) is 3. The molecule has 0 unspecified atom stereocenters. The van der Waals surface area contributed by atoms with E-state index < -0.39 is 0 Å². The van der Waals surface area contributed by atoms with E-state index in [-0.39, 0.29) is 5.91 Å². The molecule has 1 fully saturated rings. The standard InChI is InChI=1S/C18H24N4OS/c23-18(9-14-1-2-14)19-6-3-16-11-21(10-15-5-8-24-13-15)12-17-4-7-20-22(16)17/h4-5,7-8,13-14,16H,1-3,6,9-12H2,(H,19,23)/t16-/m1/s1. The van der Waals surface area contributed by atoms with Crippen LogP contribution in [0.3, 0.4) is 0 Å². The Hall–Kier alpha value is -1.66. The summed E-state index contributed by atoms with van der Waals surface area (Å²) in [5, 5.41) is 11.9. The highest BCUT2D eigenvalue weighted by Gasteiger charge is 2.26. The summed E-state index contributed by atoms with van der Waals surface area (Å²) in [5.41, 5.74) is 2.65. The highest BCUT2D eigenvalue weighted by molar-refractivity contribution is 7.07. The largest absolute Gasteiger partial charge is 0.356 e. The van der Waals surface area contributed by atoms with Crippen LogP contribution in [0.15, 0.2) is 29.1 Å². The molecule has 1 amide bonds. The second-order valence-electron chi connectivity index (χ2n) is 7.01. The second-order valence-corrected chi connectivity index (χ2v) is 7.79. The normalized spacial score (nSPS) is 20.8. The Morgan fingerprint density at radius 1 is 1.38 bits per heavy atom. The van der Waals surface area contributed by atoms with Crippen molar-refractivity contribution in [1.29, 1.82) is 0 Å². The van der Waals surface area contributed by atoms with Crippen LogP contribution in [0.5, 0.6) is 0 Å². The van der Waals surface area contributed by atoms with Crippen LogP contribution in [-0.4, -0.2) is 33.7 Å². The highest BCUT2D eigenvalue weighted by atomic mass is 32.1. The molecule has 1 N–H and O–H groups in total. The predicted molar refractivity (Wildman–Crippen MR) is 94.7 cm³/mol. The zero-order valence-corrected chi connectivity index (χ0v) is 14.7. The molecule has 1 aliphatic carbocycles. The molecule has 24 heavy (non-hydrogen) atoms. The van der Waals surface area contributed by atoms with Gasteiger partial charge in [0.1, 0.15) is 0 Å². The fourth-order valence-corrected chi connectivity index (χ4v) is 4.13. The van der Waals surface area contributed by atoms with E-state index in [1.807, 2.05) is 6.20 Å². The number of rotatable bonds is 7. The molecule has 0 aromatic carbocycles. The molecule has 0 spiro atoms. The molecule has 1 atom stereocenters. The third-order valence-corrected chi connectivity index (χ3v) is 5.64. The average molecular weight is 344 g/mol. The maximum absolute atomic E-state index is 11.9. The van der Waals surface area contributed by atoms with Gasteiger partial charge in [0.05, 0.1) is 11.7 Å². The highest BCUT2D eigenvalue weighted by Crippen LogP contribution is 2.32. The van der Waals surface area contributed by atoms with E-state index >= 15 is 0 Å². The monoisotopic (exact) mass is 344 g/mol. The van der Waals surface area contributed by atoms with Crippen LogP contribution in [0.1, 0.15) is 43.0 Å². The number of nitrogens with one attached hydrogen (secondary N) is 1. The smallest absolute Gasteiger partial charge is 0.220 e. The van der Waals surface area contributed by atoms with E-state index in [1.165, 1.54) is 24.1 Å². The van der Waals surface area contributed by atoms with Crippen molar-refractivity contribution in [2.75, 3.05) is 13.1 Å². The Morgan fingerprint density at radius 2 is 2.29 bits per heavy atom. The van der Waals surface area contributed by atoms with Gasteiger partial charge in [-0.05, 0) is 53.6 Å². The van der Waals surface area contributed by atoms with Crippen LogP contribution in [0, 0.1) is 5.92 Å². The van der Waals surface area contributed by atoms with Gasteiger partial charge in [-0.2, -0.15) is 16.4 Å². The minimum absolute atomic E-state index is 0.212. The van der Waals surface area contributed by atoms with Gasteiger partial charge in [-0.15, -0.1) is 0 Å². The number of aromatic nitrogens is 2. The summed E-state index contributed by atoms with van der Waals surface area (Å²) in [6.07, 6.45) is 5.99. The van der Waals surface area contributed by atoms with Crippen LogP contribution in [0.25, 0.3) is 0 Å². The van der Waals surface area contributed by atoms with Crippen molar-refractivity contribution in [3.63, 3.8) is 0 Å². The van der Waals surface area contributed by atoms with Crippen molar-refractivity contribution in [3.8, 4) is 0 Å². The van der Waals surface area contributed by atoms with Crippen molar-refractivity contribution in [3.05, 3.63) is 40.3 Å². The van der Waals surface area contributed by atoms with Gasteiger partial charge in [-0.25, -0.2) is 0 Å². The summed E-state index contributed by atoms with van der Waals surface area (Å²) in [6, 6.07) is 4.64. The van der Waals surface area contributed by atoms with Gasteiger partial charge in [0.15, 0.2) is 0 Å². The Kier molecular flexibility index (Phi) is 4.67. The molecular weight excluding hydrogens is 320 g/mol. The number of carbonyl (C=O) groups excluding carboxylic acids is 1. The minimum atomic E-state index is 0.212. The van der Waals surface area contributed by atoms with Gasteiger partial charge >= 0.3 is 0 Å². The molecule has 0 bridgehead atoms. The van der Waals surface area contributed by atoms with Crippen molar-refractivity contribution in [2.45, 2.75) is 44.8 Å². The Bertz CT molecular complexity index is 677. The number of fused-ring (bicyclic) bond motifs is 1. The maximum Gasteiger partial charge on any atom is 0.220 e. The molecule has 2 aliphatic rings. The van der Waals surface area contributed by atoms with Gasteiger partial charge in [0.2, 0.25) is 5.91 Å². The molecule has 1 saturated carbocycles. The lowest BCUT2D eigenvalue weighted by Gasteiger charge is -2.33. The first-order valence-electron chi connectivity index (χ1n) is 8.80. The molecule has 0 saturated heterocycles. The first kappa shape index (κ1) is 15.8. The predicted octanol–water partition coefficient (Wildman–Crippen LogP) is 2.81. The van der Waals surface area contributed by atoms with Gasteiger partial charge in [-0.3, -0.25) is 14.4 Å². The molecular formula is C18H24N4OS. The number of hydrogen-bond donors (Lipinski definition) is 1. The first-order chi connectivity index (χ1) is 11.8. The quantitative estimate of drug-likeness (QED) is 0.840. The van der Waals surface area contributed by atoms with Crippen LogP contribution in [-0.2, 0) is 17.9 Å². The summed E-state index contributed by atoms with van der Waals surface area (Å²) in [7, 11) is 0. The summed E-state index contributed by atoms with van der Waals surface area (Å²) in [6.45, 7) is 3.66. The second kappa shape index (κ2) is 7.07. The van der Waals surface area contributed by atoms with Crippen molar-refractivity contribution < 1.29 is 4.79 Å². The first-order valence-corrected chi connectivity index (χ1v) is 9.75. The Labute approximate surface area is 146 Å². The van der Waals surface area contributed by atoms with Crippen LogP contribution in [0.4, 0.5) is 0 Å². The van der Waals surface area contributed by atoms with Gasteiger partial charge in [-0.1, -0.05) is 0 Å². The van der Waals surface area contributed by atoms with E-state index in [0.717, 1.165) is 32.6 Å². The van der Waals surface area contributed by atoms with Gasteiger partial charge in [0, 0.05) is 38.8 Å². The molecule has 5 nitrogen and oxygen atoms in total. The average Bonchev–Trinajstić information content (AvgIpc) is 3.03. The van der Waals surface area contributed by atoms with E-state index in [1.54, 1.807) is 11.3 Å². The van der Waals surface area contributed by atoms with Crippen LogP contribution in [0.2, 0.25) is 0 Å². The molecule has 3 heterocycles. The Balaban J connectivity index is 1.33. The summed E-state index contributed by atoms with van der Waals surface area (Å²) in [4.78, 5) is 14.3. The van der Waals surface area contributed by atoms with Crippen LogP contribution >= 0.6 is 11.3 Å². The number of carbonyl (C=O) groups is 1. The third-order valence-electron chi connectivity index (χ3n) is 4.91. The number of thiophene rings is 1. The van der Waals surface area contributed by atoms with E-state index in [0.29, 0.717) is 18.4 Å². The maximum atomic E-state index is 11.9. The number of amides is 1. The molecule has 1 aliphatic heterocycles. The summed E-state index contributed by atoms with van der Waals surface area (Å²) >= 11 is 1.75. The molecule has 2 aromatic rings. The van der Waals surface area contributed by atoms with Crippen molar-refractivity contribution in [2.24, 2.45) is 5.92 Å². The topological polar surface area (TPSA) is 50.2 Å². The molecule has 4 rings (SSSR count). The lowest BCUT2D eigenvalue weighted by molar-refractivity contribution is -0.121. The van der Waals surface area contributed by atoms with Crippen LogP contribution < -0.4 is 5.32 Å². The van der Waals surface area contributed by atoms with Crippen molar-refractivity contribution in [1.82, 2.24) is 20.0 Å². The summed E-state index contributed by atoms with van der Waals surface area (Å²) in [5.74, 6) is 0.864. The summed E-state index contributed by atoms with van der Waals surface area (Å²) < 4.78 is 2.15. The molecule has 2 aromatic heterocycles. The molecule has 6 heteroatoms. The Morgan fingerprint density at radius 3 is 3.08 bits per heavy atom. The fourth-order valence-electron chi connectivity index (χ4n) is 3.47. The minimum Gasteiger partial charge on any atom is -0.356 e. The zero-order valence-electron chi connectivity index (χ0n) is 13.9. The zero-order chi connectivity index (χ0) is 16.4. The molecule has 128 valence electrons. The van der Waals surface area contributed by atoms with E-state index in [2.05, 4.69) is 42.9 Å². The van der Waals surface area contributed by atoms with Crippen molar-refractivity contribution >= 4 is 17.2 Å². The lowest BCUT2D eigenvalue weighted by Crippen LogP contribution is -2.38. The van der Waals surface area contributed by atoms with Gasteiger partial charge in [0.25, 0.3) is 0 Å². The molecule has 0 radical (unpaired) electrons. The third kappa shape index (κ3) is 3.87. The van der Waals surface area contributed by atoms with E-state index in [9.17, 15) is 4.79 Å². The number of hydrogen-bond acceptors (Lipinski definition) is 4.